The molecule has 7 nitrogen and oxygen atoms in total. The van der Waals surface area contributed by atoms with Crippen molar-refractivity contribution in [1.82, 2.24) is 14.9 Å². The Balaban J connectivity index is 1.53. The second-order valence-electron chi connectivity index (χ2n) is 8.12. The van der Waals surface area contributed by atoms with E-state index in [1.165, 1.54) is 4.31 Å². The zero-order valence-electron chi connectivity index (χ0n) is 17.6. The maximum atomic E-state index is 12.8. The number of carbonyl (C=O) groups is 2. The number of hydrogen-bond acceptors (Lipinski definition) is 5. The molecule has 30 heavy (non-hydrogen) atoms. The zero-order valence-corrected chi connectivity index (χ0v) is 19.2. The number of sulfonamides is 1. The number of piperidine rings is 1. The first-order chi connectivity index (χ1) is 14.3. The smallest absolute Gasteiger partial charge is 0.243 e. The standard InChI is InChI=1S/C21H31N3O4S2/c1-15-3-7-18(8-4-15)30(27,28)24-12-9-17(10-13-24)22-21(26)19(11-14-29-2)23-20(25)16-5-6-16/h3-4,7-8,16-17,19H,5-6,9-14H2,1-2H3,(H,22,26)(H,23,25). The first kappa shape index (κ1) is 23.1. The fourth-order valence-electron chi connectivity index (χ4n) is 3.54. The molecule has 166 valence electrons. The third-order valence-corrected chi connectivity index (χ3v) is 8.21. The Labute approximate surface area is 183 Å². The fraction of sp³-hybridized carbons (Fsp3) is 0.619. The van der Waals surface area contributed by atoms with Crippen molar-refractivity contribution in [2.75, 3.05) is 25.1 Å². The van der Waals surface area contributed by atoms with Gasteiger partial charge in [-0.3, -0.25) is 9.59 Å². The Kier molecular flexibility index (Phi) is 7.81. The minimum atomic E-state index is -3.52. The van der Waals surface area contributed by atoms with Crippen LogP contribution in [0, 0.1) is 12.8 Å². The van der Waals surface area contributed by atoms with E-state index in [4.69, 9.17) is 0 Å². The average molecular weight is 454 g/mol. The minimum Gasteiger partial charge on any atom is -0.351 e. The summed E-state index contributed by atoms with van der Waals surface area (Å²) in [6.45, 7) is 2.65. The second kappa shape index (κ2) is 10.2. The van der Waals surface area contributed by atoms with E-state index in [-0.39, 0.29) is 23.8 Å². The van der Waals surface area contributed by atoms with Gasteiger partial charge < -0.3 is 10.6 Å². The van der Waals surface area contributed by atoms with Crippen LogP contribution in [0.5, 0.6) is 0 Å². The van der Waals surface area contributed by atoms with E-state index in [0.717, 1.165) is 24.2 Å². The number of amides is 2. The third kappa shape index (κ3) is 5.98. The highest BCUT2D eigenvalue weighted by Gasteiger charge is 2.34. The number of rotatable bonds is 9. The summed E-state index contributed by atoms with van der Waals surface area (Å²) in [6.07, 6.45) is 5.48. The quantitative estimate of drug-likeness (QED) is 0.596. The van der Waals surface area contributed by atoms with Crippen LogP contribution in [0.15, 0.2) is 29.2 Å². The molecule has 2 aliphatic rings. The van der Waals surface area contributed by atoms with Gasteiger partial charge in [-0.2, -0.15) is 16.1 Å². The number of carbonyl (C=O) groups excluding carboxylic acids is 2. The molecule has 1 aliphatic carbocycles. The predicted molar refractivity (Wildman–Crippen MR) is 119 cm³/mol. The summed E-state index contributed by atoms with van der Waals surface area (Å²) < 4.78 is 27.2. The number of hydrogen-bond donors (Lipinski definition) is 2. The van der Waals surface area contributed by atoms with Crippen molar-refractivity contribution in [3.8, 4) is 0 Å². The molecule has 2 fully saturated rings. The Morgan fingerprint density at radius 1 is 1.13 bits per heavy atom. The van der Waals surface area contributed by atoms with Gasteiger partial charge in [-0.25, -0.2) is 8.42 Å². The lowest BCUT2D eigenvalue weighted by atomic mass is 10.1. The average Bonchev–Trinajstić information content (AvgIpc) is 3.57. The summed E-state index contributed by atoms with van der Waals surface area (Å²) in [5, 5.41) is 5.92. The molecule has 0 bridgehead atoms. The number of nitrogens with one attached hydrogen (secondary N) is 2. The topological polar surface area (TPSA) is 95.6 Å². The fourth-order valence-corrected chi connectivity index (χ4v) is 5.48. The lowest BCUT2D eigenvalue weighted by molar-refractivity contribution is -0.130. The first-order valence-corrected chi connectivity index (χ1v) is 13.3. The van der Waals surface area contributed by atoms with Crippen LogP contribution in [0.25, 0.3) is 0 Å². The molecule has 2 amide bonds. The monoisotopic (exact) mass is 453 g/mol. The maximum absolute atomic E-state index is 12.8. The van der Waals surface area contributed by atoms with Crippen LogP contribution in [0.1, 0.15) is 37.7 Å². The van der Waals surface area contributed by atoms with Crippen molar-refractivity contribution in [2.45, 2.75) is 56.0 Å². The maximum Gasteiger partial charge on any atom is 0.243 e. The van der Waals surface area contributed by atoms with Gasteiger partial charge in [-0.05, 0) is 63.2 Å². The molecule has 0 radical (unpaired) electrons. The van der Waals surface area contributed by atoms with Gasteiger partial charge in [0.05, 0.1) is 4.90 Å². The molecule has 1 unspecified atom stereocenters. The SMILES string of the molecule is CSCCC(NC(=O)C1CC1)C(=O)NC1CCN(S(=O)(=O)c2ccc(C)cc2)CC1. The molecular weight excluding hydrogens is 422 g/mol. The third-order valence-electron chi connectivity index (χ3n) is 5.65. The molecule has 2 N–H and O–H groups in total. The molecule has 3 rings (SSSR count). The Bertz CT molecular complexity index is 846. The number of benzene rings is 1. The van der Waals surface area contributed by atoms with Crippen LogP contribution in [0.2, 0.25) is 0 Å². The Morgan fingerprint density at radius 3 is 2.33 bits per heavy atom. The molecule has 0 spiro atoms. The van der Waals surface area contributed by atoms with Gasteiger partial charge >= 0.3 is 0 Å². The van der Waals surface area contributed by atoms with Crippen LogP contribution >= 0.6 is 11.8 Å². The van der Waals surface area contributed by atoms with Gasteiger partial charge in [0.1, 0.15) is 6.04 Å². The molecule has 1 saturated heterocycles. The predicted octanol–water partition coefficient (Wildman–Crippen LogP) is 1.91. The summed E-state index contributed by atoms with van der Waals surface area (Å²) in [4.78, 5) is 25.2. The van der Waals surface area contributed by atoms with Gasteiger partial charge in [0.15, 0.2) is 0 Å². The van der Waals surface area contributed by atoms with E-state index in [1.807, 2.05) is 13.2 Å². The van der Waals surface area contributed by atoms with E-state index in [1.54, 1.807) is 36.0 Å². The molecular formula is C21H31N3O4S2. The first-order valence-electron chi connectivity index (χ1n) is 10.5. The molecule has 1 aromatic rings. The number of aryl methyl sites for hydroxylation is 1. The van der Waals surface area contributed by atoms with Crippen LogP contribution in [-0.4, -0.2) is 61.7 Å². The van der Waals surface area contributed by atoms with Gasteiger partial charge in [-0.15, -0.1) is 0 Å². The van der Waals surface area contributed by atoms with Gasteiger partial charge in [0.2, 0.25) is 21.8 Å². The molecule has 1 heterocycles. The van der Waals surface area contributed by atoms with Crippen LogP contribution in [0.3, 0.4) is 0 Å². The molecule has 1 atom stereocenters. The van der Waals surface area contributed by atoms with Crippen LogP contribution in [-0.2, 0) is 19.6 Å². The highest BCUT2D eigenvalue weighted by molar-refractivity contribution is 7.98. The summed E-state index contributed by atoms with van der Waals surface area (Å²) in [7, 11) is -3.52. The summed E-state index contributed by atoms with van der Waals surface area (Å²) >= 11 is 1.64. The summed E-state index contributed by atoms with van der Waals surface area (Å²) in [6, 6.07) is 6.25. The largest absolute Gasteiger partial charge is 0.351 e. The van der Waals surface area contributed by atoms with E-state index in [0.29, 0.717) is 37.2 Å². The highest BCUT2D eigenvalue weighted by Crippen LogP contribution is 2.29. The van der Waals surface area contributed by atoms with Crippen molar-refractivity contribution < 1.29 is 18.0 Å². The van der Waals surface area contributed by atoms with Gasteiger partial charge in [0.25, 0.3) is 0 Å². The van der Waals surface area contributed by atoms with Crippen molar-refractivity contribution >= 4 is 33.6 Å². The lowest BCUT2D eigenvalue weighted by Crippen LogP contribution is -2.53. The normalized spacial score (nSPS) is 19.3. The minimum absolute atomic E-state index is 0.0322. The number of nitrogens with zero attached hydrogens (tertiary/aromatic N) is 1. The molecule has 1 saturated carbocycles. The van der Waals surface area contributed by atoms with E-state index >= 15 is 0 Å². The molecule has 0 aromatic heterocycles. The summed E-state index contributed by atoms with van der Waals surface area (Å²) in [5.74, 6) is 0.647. The van der Waals surface area contributed by atoms with Gasteiger partial charge in [-0.1, -0.05) is 17.7 Å². The van der Waals surface area contributed by atoms with Crippen molar-refractivity contribution in [2.24, 2.45) is 5.92 Å². The highest BCUT2D eigenvalue weighted by atomic mass is 32.2. The Morgan fingerprint density at radius 2 is 1.77 bits per heavy atom. The zero-order chi connectivity index (χ0) is 21.7. The molecule has 1 aliphatic heterocycles. The van der Waals surface area contributed by atoms with E-state index in [2.05, 4.69) is 10.6 Å². The molecule has 1 aromatic carbocycles. The van der Waals surface area contributed by atoms with Gasteiger partial charge in [0, 0.05) is 25.0 Å². The second-order valence-corrected chi connectivity index (χ2v) is 11.0. The van der Waals surface area contributed by atoms with Crippen LogP contribution in [0.4, 0.5) is 0 Å². The Hall–Kier alpha value is -1.58. The number of thioether (sulfide) groups is 1. The van der Waals surface area contributed by atoms with Crippen molar-refractivity contribution in [1.29, 1.82) is 0 Å². The van der Waals surface area contributed by atoms with Crippen molar-refractivity contribution in [3.05, 3.63) is 29.8 Å². The molecule has 9 heteroatoms. The summed E-state index contributed by atoms with van der Waals surface area (Å²) in [5.41, 5.74) is 1.01. The lowest BCUT2D eigenvalue weighted by Gasteiger charge is -2.32. The van der Waals surface area contributed by atoms with Crippen LogP contribution < -0.4 is 10.6 Å². The van der Waals surface area contributed by atoms with Crippen molar-refractivity contribution in [3.63, 3.8) is 0 Å². The van der Waals surface area contributed by atoms with E-state index < -0.39 is 16.1 Å². The van der Waals surface area contributed by atoms with E-state index in [9.17, 15) is 18.0 Å².